The summed E-state index contributed by atoms with van der Waals surface area (Å²) in [6.45, 7) is 10.0. The first kappa shape index (κ1) is 32.7. The van der Waals surface area contributed by atoms with E-state index in [1.54, 1.807) is 54.8 Å². The number of nitrogens with one attached hydrogen (secondary N) is 3. The zero-order valence-electron chi connectivity index (χ0n) is 27.0. The molecule has 11 nitrogen and oxygen atoms in total. The van der Waals surface area contributed by atoms with E-state index in [2.05, 4.69) is 16.0 Å². The summed E-state index contributed by atoms with van der Waals surface area (Å²) in [5.41, 5.74) is 12.2. The zero-order chi connectivity index (χ0) is 34.0. The highest BCUT2D eigenvalue weighted by molar-refractivity contribution is 6.35. The molecule has 11 heteroatoms. The Balaban J connectivity index is 1.54. The fraction of sp³-hybridized carbons (Fsp3) is 0.222. The van der Waals surface area contributed by atoms with Crippen molar-refractivity contribution in [1.82, 2.24) is 9.47 Å². The van der Waals surface area contributed by atoms with Crippen LogP contribution in [-0.4, -0.2) is 51.4 Å². The molecule has 1 aliphatic heterocycles. The Hall–Kier alpha value is -5.68. The number of amides is 3. The second-order valence-corrected chi connectivity index (χ2v) is 11.4. The van der Waals surface area contributed by atoms with Gasteiger partial charge in [0.1, 0.15) is 0 Å². The van der Waals surface area contributed by atoms with Gasteiger partial charge < -0.3 is 31.4 Å². The van der Waals surface area contributed by atoms with E-state index in [0.29, 0.717) is 63.8 Å². The fourth-order valence-electron chi connectivity index (χ4n) is 6.06. The molecule has 0 aliphatic carbocycles. The molecule has 3 aromatic carbocycles. The molecule has 0 spiro atoms. The van der Waals surface area contributed by atoms with Crippen molar-refractivity contribution in [2.45, 2.75) is 40.8 Å². The largest absolute Gasteiger partial charge is 0.478 e. The number of aromatic nitrogens is 1. The van der Waals surface area contributed by atoms with Crippen molar-refractivity contribution in [3.63, 3.8) is 0 Å². The molecule has 0 fully saturated rings. The van der Waals surface area contributed by atoms with Crippen molar-refractivity contribution >= 4 is 58.1 Å². The number of nitrogens with zero attached hydrogens (tertiary/aromatic N) is 2. The molecule has 5 rings (SSSR count). The van der Waals surface area contributed by atoms with Gasteiger partial charge in [0, 0.05) is 45.3 Å². The van der Waals surface area contributed by atoms with Gasteiger partial charge in [-0.1, -0.05) is 38.1 Å². The number of hydrogen-bond acceptors (Lipinski definition) is 6. The number of carbonyl (C=O) groups excluding carboxylic acids is 3. The quantitative estimate of drug-likeness (QED) is 0.128. The standard InChI is InChI=1S/C36H38N6O5/c1-6-41(7-2)35(32(37)43)42-22(5)31(36(46)47)21(4)30(42)19-27-26-17-24(15-16-28(26)40-34(27)45)38-29-18-25(14-13-20(29)3)39-33(44)23-11-9-8-10-12-23/h8-19,35,38H,6-7H2,1-5H3,(H2,37,43)(H,39,44)(H,40,45)(H,46,47). The molecule has 47 heavy (non-hydrogen) atoms. The average Bonchev–Trinajstić information content (AvgIpc) is 3.48. The molecule has 0 bridgehead atoms. The maximum atomic E-state index is 13.4. The Morgan fingerprint density at radius 3 is 2.30 bits per heavy atom. The molecule has 0 saturated carbocycles. The minimum absolute atomic E-state index is 0.0546. The smallest absolute Gasteiger partial charge is 0.337 e. The van der Waals surface area contributed by atoms with Gasteiger partial charge in [0.15, 0.2) is 6.17 Å². The predicted molar refractivity (Wildman–Crippen MR) is 184 cm³/mol. The van der Waals surface area contributed by atoms with Crippen molar-refractivity contribution in [2.24, 2.45) is 5.73 Å². The molecule has 3 amide bonds. The molecule has 1 atom stereocenters. The normalized spacial score (nSPS) is 13.7. The minimum atomic E-state index is -1.14. The van der Waals surface area contributed by atoms with Crippen molar-refractivity contribution in [2.75, 3.05) is 29.0 Å². The number of aryl methyl sites for hydroxylation is 1. The topological polar surface area (TPSA) is 159 Å². The first-order valence-corrected chi connectivity index (χ1v) is 15.3. The number of fused-ring (bicyclic) bond motifs is 1. The summed E-state index contributed by atoms with van der Waals surface area (Å²) in [5, 5.41) is 19.3. The van der Waals surface area contributed by atoms with Crippen LogP contribution in [-0.2, 0) is 9.59 Å². The summed E-state index contributed by atoms with van der Waals surface area (Å²) in [4.78, 5) is 53.1. The minimum Gasteiger partial charge on any atom is -0.478 e. The van der Waals surface area contributed by atoms with Gasteiger partial charge in [-0.05, 0) is 93.5 Å². The number of likely N-dealkylation sites (N-methyl/N-ethyl adjacent to an activating group) is 1. The second kappa shape index (κ2) is 13.4. The summed E-state index contributed by atoms with van der Waals surface area (Å²) in [5.74, 6) is -2.36. The number of benzene rings is 3. The maximum Gasteiger partial charge on any atom is 0.337 e. The highest BCUT2D eigenvalue weighted by Gasteiger charge is 2.33. The monoisotopic (exact) mass is 634 g/mol. The molecular formula is C36H38N6O5. The average molecular weight is 635 g/mol. The number of aromatic carboxylic acids is 1. The van der Waals surface area contributed by atoms with Gasteiger partial charge in [-0.3, -0.25) is 19.3 Å². The van der Waals surface area contributed by atoms with Crippen LogP contribution in [0.4, 0.5) is 22.7 Å². The van der Waals surface area contributed by atoms with Crippen LogP contribution in [0.2, 0.25) is 0 Å². The molecule has 1 aliphatic rings. The predicted octanol–water partition coefficient (Wildman–Crippen LogP) is 5.93. The van der Waals surface area contributed by atoms with Gasteiger partial charge in [0.2, 0.25) is 0 Å². The lowest BCUT2D eigenvalue weighted by Gasteiger charge is -2.30. The number of anilines is 4. The van der Waals surface area contributed by atoms with E-state index >= 15 is 0 Å². The van der Waals surface area contributed by atoms with Gasteiger partial charge in [0.05, 0.1) is 11.1 Å². The molecule has 6 N–H and O–H groups in total. The van der Waals surface area contributed by atoms with Crippen LogP contribution in [0.1, 0.15) is 68.8 Å². The number of primary amides is 1. The summed E-state index contributed by atoms with van der Waals surface area (Å²) in [6, 6.07) is 20.0. The maximum absolute atomic E-state index is 13.4. The SMILES string of the molecule is CCN(CC)C(C(N)=O)n1c(C)c(C(=O)O)c(C)c1C=C1C(=O)Nc2ccc(Nc3cc(NC(=O)c4ccccc4)ccc3C)cc21. The number of carboxylic acids is 1. The van der Waals surface area contributed by atoms with Gasteiger partial charge in [-0.15, -0.1) is 0 Å². The van der Waals surface area contributed by atoms with E-state index in [1.165, 1.54) is 0 Å². The van der Waals surface area contributed by atoms with E-state index in [1.807, 2.05) is 62.1 Å². The molecule has 0 saturated heterocycles. The summed E-state index contributed by atoms with van der Waals surface area (Å²) >= 11 is 0. The third kappa shape index (κ3) is 6.38. The van der Waals surface area contributed by atoms with Crippen LogP contribution in [0.3, 0.4) is 0 Å². The van der Waals surface area contributed by atoms with Crippen LogP contribution in [0, 0.1) is 20.8 Å². The lowest BCUT2D eigenvalue weighted by atomic mass is 10.0. The van der Waals surface area contributed by atoms with Crippen LogP contribution >= 0.6 is 0 Å². The second-order valence-electron chi connectivity index (χ2n) is 11.4. The molecule has 242 valence electrons. The Labute approximate surface area is 273 Å². The van der Waals surface area contributed by atoms with Gasteiger partial charge in [-0.2, -0.15) is 0 Å². The Kier molecular flexibility index (Phi) is 9.29. The Morgan fingerprint density at radius 1 is 0.979 bits per heavy atom. The van der Waals surface area contributed by atoms with Crippen LogP contribution in [0.15, 0.2) is 66.7 Å². The van der Waals surface area contributed by atoms with Crippen LogP contribution in [0.5, 0.6) is 0 Å². The van der Waals surface area contributed by atoms with E-state index in [0.717, 1.165) is 11.3 Å². The molecule has 0 radical (unpaired) electrons. The summed E-state index contributed by atoms with van der Waals surface area (Å²) in [7, 11) is 0. The van der Waals surface area contributed by atoms with Crippen molar-refractivity contribution in [3.8, 4) is 0 Å². The number of carbonyl (C=O) groups is 4. The Morgan fingerprint density at radius 2 is 1.66 bits per heavy atom. The highest BCUT2D eigenvalue weighted by Crippen LogP contribution is 2.38. The first-order valence-electron chi connectivity index (χ1n) is 15.3. The van der Waals surface area contributed by atoms with E-state index in [-0.39, 0.29) is 17.4 Å². The molecule has 2 heterocycles. The number of carboxylic acid groups (broad SMARTS) is 1. The van der Waals surface area contributed by atoms with Gasteiger partial charge in [-0.25, -0.2) is 4.79 Å². The summed E-state index contributed by atoms with van der Waals surface area (Å²) in [6.07, 6.45) is 0.669. The van der Waals surface area contributed by atoms with Crippen molar-refractivity contribution in [3.05, 3.63) is 106 Å². The number of nitrogens with two attached hydrogens (primary N) is 1. The summed E-state index contributed by atoms with van der Waals surface area (Å²) < 4.78 is 1.62. The van der Waals surface area contributed by atoms with Crippen LogP contribution < -0.4 is 21.7 Å². The fourth-order valence-corrected chi connectivity index (χ4v) is 6.06. The zero-order valence-corrected chi connectivity index (χ0v) is 27.0. The Bertz CT molecular complexity index is 1920. The molecule has 1 aromatic heterocycles. The van der Waals surface area contributed by atoms with Crippen molar-refractivity contribution < 1.29 is 24.3 Å². The number of hydrogen-bond donors (Lipinski definition) is 5. The lowest BCUT2D eigenvalue weighted by molar-refractivity contribution is -0.126. The lowest BCUT2D eigenvalue weighted by Crippen LogP contribution is -2.42. The van der Waals surface area contributed by atoms with E-state index in [9.17, 15) is 24.3 Å². The van der Waals surface area contributed by atoms with Gasteiger partial charge >= 0.3 is 5.97 Å². The molecular weight excluding hydrogens is 596 g/mol. The third-order valence-corrected chi connectivity index (χ3v) is 8.51. The van der Waals surface area contributed by atoms with E-state index < -0.39 is 18.0 Å². The first-order chi connectivity index (χ1) is 22.4. The van der Waals surface area contributed by atoms with Crippen LogP contribution in [0.25, 0.3) is 11.6 Å². The van der Waals surface area contributed by atoms with Gasteiger partial charge in [0.25, 0.3) is 17.7 Å². The molecule has 1 unspecified atom stereocenters. The molecule has 4 aromatic rings. The van der Waals surface area contributed by atoms with E-state index in [4.69, 9.17) is 5.73 Å². The highest BCUT2D eigenvalue weighted by atomic mass is 16.4. The number of rotatable bonds is 11. The van der Waals surface area contributed by atoms with Crippen molar-refractivity contribution in [1.29, 1.82) is 0 Å². The third-order valence-electron chi connectivity index (χ3n) is 8.51.